The minimum absolute atomic E-state index is 0.134. The highest BCUT2D eigenvalue weighted by Crippen LogP contribution is 2.25. The van der Waals surface area contributed by atoms with Gasteiger partial charge in [-0.15, -0.1) is 0 Å². The van der Waals surface area contributed by atoms with Gasteiger partial charge in [0.2, 0.25) is 5.91 Å². The zero-order valence-corrected chi connectivity index (χ0v) is 19.9. The van der Waals surface area contributed by atoms with E-state index in [-0.39, 0.29) is 25.0 Å². The van der Waals surface area contributed by atoms with E-state index < -0.39 is 11.9 Å². The highest BCUT2D eigenvalue weighted by atomic mass is 16.5. The molecule has 0 radical (unpaired) electrons. The topological polar surface area (TPSA) is 136 Å². The minimum atomic E-state index is -0.757. The van der Waals surface area contributed by atoms with Crippen LogP contribution in [0.5, 0.6) is 11.5 Å². The van der Waals surface area contributed by atoms with Crippen molar-refractivity contribution in [3.8, 4) is 17.2 Å². The van der Waals surface area contributed by atoms with Crippen LogP contribution < -0.4 is 25.4 Å². The van der Waals surface area contributed by atoms with E-state index in [4.69, 9.17) is 9.47 Å². The molecule has 0 saturated heterocycles. The zero-order chi connectivity index (χ0) is 25.3. The number of hydrogen-bond donors (Lipinski definition) is 3. The Morgan fingerprint density at radius 1 is 1.14 bits per heavy atom. The summed E-state index contributed by atoms with van der Waals surface area (Å²) in [5, 5.41) is 12.7. The number of benzene rings is 2. The molecule has 3 amide bonds. The monoisotopic (exact) mass is 492 g/mol. The molecule has 1 aliphatic heterocycles. The summed E-state index contributed by atoms with van der Waals surface area (Å²) in [6, 6.07) is 11.2. The summed E-state index contributed by atoms with van der Waals surface area (Å²) < 4.78 is 12.5. The molecule has 2 heterocycles. The fourth-order valence-corrected chi connectivity index (χ4v) is 3.87. The summed E-state index contributed by atoms with van der Waals surface area (Å²) >= 11 is 0. The summed E-state index contributed by atoms with van der Waals surface area (Å²) in [7, 11) is 1.53. The first kappa shape index (κ1) is 24.7. The molecule has 0 spiro atoms. The number of nitrogens with one attached hydrogen (secondary N) is 3. The maximum Gasteiger partial charge on any atom is 0.255 e. The first-order valence-corrected chi connectivity index (χ1v) is 11.7. The van der Waals surface area contributed by atoms with Crippen LogP contribution in [0.3, 0.4) is 0 Å². The van der Waals surface area contributed by atoms with Crippen LogP contribution >= 0.6 is 0 Å². The standard InChI is InChI=1S/C25H28N6O5/c1-35-17-9-10-19-22(14-17)36-13-12-28-25(34)20(7-4-5-11-27-23(19)32)30-24(33)18-6-2-3-8-21(18)31-16-26-15-29-31/h2-3,6,8-10,14-16,20H,4-5,7,11-13H2,1H3,(H,27,32)(H,28,34)(H,30,33)/t20-/m0/s1. The Morgan fingerprint density at radius 3 is 2.81 bits per heavy atom. The summed E-state index contributed by atoms with van der Waals surface area (Å²) in [5.74, 6) is -0.0261. The molecule has 1 aromatic heterocycles. The number of fused-ring (bicyclic) bond motifs is 1. The Labute approximate surface area is 208 Å². The summed E-state index contributed by atoms with van der Waals surface area (Å²) in [4.78, 5) is 42.7. The molecule has 0 saturated carbocycles. The van der Waals surface area contributed by atoms with Crippen LogP contribution in [-0.4, -0.2) is 65.3 Å². The molecule has 36 heavy (non-hydrogen) atoms. The zero-order valence-electron chi connectivity index (χ0n) is 19.9. The normalized spacial score (nSPS) is 17.0. The second-order valence-corrected chi connectivity index (χ2v) is 8.14. The lowest BCUT2D eigenvalue weighted by Crippen LogP contribution is -2.47. The Bertz CT molecular complexity index is 1210. The van der Waals surface area contributed by atoms with Gasteiger partial charge in [-0.25, -0.2) is 9.67 Å². The Morgan fingerprint density at radius 2 is 2.00 bits per heavy atom. The van der Waals surface area contributed by atoms with Gasteiger partial charge in [0.1, 0.15) is 36.8 Å². The Kier molecular flexibility index (Phi) is 8.12. The fourth-order valence-electron chi connectivity index (χ4n) is 3.87. The van der Waals surface area contributed by atoms with Crippen molar-refractivity contribution >= 4 is 17.7 Å². The van der Waals surface area contributed by atoms with E-state index in [9.17, 15) is 14.4 Å². The highest BCUT2D eigenvalue weighted by Gasteiger charge is 2.23. The van der Waals surface area contributed by atoms with Gasteiger partial charge in [0, 0.05) is 12.6 Å². The summed E-state index contributed by atoms with van der Waals surface area (Å²) in [5.41, 5.74) is 1.32. The number of rotatable bonds is 4. The van der Waals surface area contributed by atoms with E-state index in [1.807, 2.05) is 0 Å². The summed E-state index contributed by atoms with van der Waals surface area (Å²) in [6.07, 6.45) is 4.55. The van der Waals surface area contributed by atoms with Gasteiger partial charge in [0.15, 0.2) is 0 Å². The largest absolute Gasteiger partial charge is 0.497 e. The first-order valence-electron chi connectivity index (χ1n) is 11.7. The SMILES string of the molecule is COc1ccc2c(c1)OCCNC(=O)[C@@H](NC(=O)c1ccccc1-n1cncn1)CCCCNC2=O. The van der Waals surface area contributed by atoms with Crippen LogP contribution in [0.25, 0.3) is 5.69 Å². The lowest BCUT2D eigenvalue weighted by Gasteiger charge is -2.20. The molecule has 0 fully saturated rings. The molecule has 188 valence electrons. The first-order chi connectivity index (χ1) is 17.6. The van der Waals surface area contributed by atoms with Gasteiger partial charge < -0.3 is 25.4 Å². The number of amides is 3. The van der Waals surface area contributed by atoms with Gasteiger partial charge in [0.25, 0.3) is 11.8 Å². The highest BCUT2D eigenvalue weighted by molar-refractivity contribution is 6.00. The second-order valence-electron chi connectivity index (χ2n) is 8.14. The molecule has 3 aromatic rings. The lowest BCUT2D eigenvalue weighted by atomic mass is 10.1. The third-order valence-corrected chi connectivity index (χ3v) is 5.73. The molecule has 3 N–H and O–H groups in total. The number of methoxy groups -OCH3 is 1. The number of aromatic nitrogens is 3. The average Bonchev–Trinajstić information content (AvgIpc) is 3.44. The smallest absolute Gasteiger partial charge is 0.255 e. The number of carbonyl (C=O) groups is 3. The van der Waals surface area contributed by atoms with Gasteiger partial charge in [0.05, 0.1) is 30.5 Å². The van der Waals surface area contributed by atoms with Crippen LogP contribution in [0.4, 0.5) is 0 Å². The molecular formula is C25H28N6O5. The van der Waals surface area contributed by atoms with Gasteiger partial charge >= 0.3 is 0 Å². The van der Waals surface area contributed by atoms with Crippen molar-refractivity contribution < 1.29 is 23.9 Å². The van der Waals surface area contributed by atoms with Crippen LogP contribution in [0, 0.1) is 0 Å². The van der Waals surface area contributed by atoms with E-state index in [1.165, 1.54) is 24.4 Å². The van der Waals surface area contributed by atoms with Gasteiger partial charge in [-0.05, 0) is 43.5 Å². The van der Waals surface area contributed by atoms with Crippen molar-refractivity contribution in [3.05, 3.63) is 66.2 Å². The molecule has 0 bridgehead atoms. The van der Waals surface area contributed by atoms with Crippen molar-refractivity contribution in [2.45, 2.75) is 25.3 Å². The van der Waals surface area contributed by atoms with Gasteiger partial charge in [-0.2, -0.15) is 5.10 Å². The molecule has 11 heteroatoms. The van der Waals surface area contributed by atoms with E-state index in [0.29, 0.717) is 54.1 Å². The molecule has 2 aromatic carbocycles. The Balaban J connectivity index is 1.46. The van der Waals surface area contributed by atoms with Crippen molar-refractivity contribution in [2.24, 2.45) is 0 Å². The maximum absolute atomic E-state index is 13.1. The number of ether oxygens (including phenoxy) is 2. The van der Waals surface area contributed by atoms with Crippen molar-refractivity contribution in [1.29, 1.82) is 0 Å². The van der Waals surface area contributed by atoms with Crippen LogP contribution in [0.2, 0.25) is 0 Å². The van der Waals surface area contributed by atoms with Crippen LogP contribution in [0.15, 0.2) is 55.1 Å². The maximum atomic E-state index is 13.1. The molecule has 11 nitrogen and oxygen atoms in total. The lowest BCUT2D eigenvalue weighted by molar-refractivity contribution is -0.123. The van der Waals surface area contributed by atoms with Crippen molar-refractivity contribution in [2.75, 3.05) is 26.8 Å². The number of nitrogens with zero attached hydrogens (tertiary/aromatic N) is 3. The Hall–Kier alpha value is -4.41. The second kappa shape index (κ2) is 11.8. The van der Waals surface area contributed by atoms with Gasteiger partial charge in [-0.3, -0.25) is 14.4 Å². The quantitative estimate of drug-likeness (QED) is 0.502. The molecule has 0 unspecified atom stereocenters. The fraction of sp³-hybridized carbons (Fsp3) is 0.320. The molecule has 0 aliphatic carbocycles. The number of hydrogen-bond acceptors (Lipinski definition) is 7. The predicted octanol–water partition coefficient (Wildman–Crippen LogP) is 1.48. The average molecular weight is 493 g/mol. The third-order valence-electron chi connectivity index (χ3n) is 5.73. The van der Waals surface area contributed by atoms with E-state index in [0.717, 1.165) is 0 Å². The number of para-hydroxylation sites is 1. The summed E-state index contributed by atoms with van der Waals surface area (Å²) in [6.45, 7) is 0.746. The van der Waals surface area contributed by atoms with E-state index in [1.54, 1.807) is 42.5 Å². The molecule has 4 rings (SSSR count). The van der Waals surface area contributed by atoms with E-state index >= 15 is 0 Å². The van der Waals surface area contributed by atoms with Crippen LogP contribution in [-0.2, 0) is 4.79 Å². The van der Waals surface area contributed by atoms with Crippen molar-refractivity contribution in [3.63, 3.8) is 0 Å². The molecule has 1 atom stereocenters. The van der Waals surface area contributed by atoms with Crippen molar-refractivity contribution in [1.82, 2.24) is 30.7 Å². The minimum Gasteiger partial charge on any atom is -0.497 e. The number of carbonyl (C=O) groups excluding carboxylic acids is 3. The third kappa shape index (κ3) is 5.98. The van der Waals surface area contributed by atoms with E-state index in [2.05, 4.69) is 26.0 Å². The molecular weight excluding hydrogens is 464 g/mol. The van der Waals surface area contributed by atoms with Gasteiger partial charge in [-0.1, -0.05) is 12.1 Å². The predicted molar refractivity (Wildman–Crippen MR) is 130 cm³/mol. The molecule has 1 aliphatic rings. The van der Waals surface area contributed by atoms with Crippen LogP contribution in [0.1, 0.15) is 40.0 Å².